The summed E-state index contributed by atoms with van der Waals surface area (Å²) in [5, 5.41) is 3.46. The number of piperidine rings is 1. The molecule has 0 atom stereocenters. The quantitative estimate of drug-likeness (QED) is 0.307. The lowest BCUT2D eigenvalue weighted by Crippen LogP contribution is -2.34. The predicted molar refractivity (Wildman–Crippen MR) is 152 cm³/mol. The highest BCUT2D eigenvalue weighted by Gasteiger charge is 2.34. The molecule has 0 unspecified atom stereocenters. The van der Waals surface area contributed by atoms with E-state index in [4.69, 9.17) is 9.97 Å². The number of fused-ring (bicyclic) bond motifs is 1. The normalized spacial score (nSPS) is 16.1. The number of hydrogen-bond donors (Lipinski definition) is 1. The van der Waals surface area contributed by atoms with Gasteiger partial charge in [-0.25, -0.2) is 9.97 Å². The number of nitrogens with zero attached hydrogens (tertiary/aromatic N) is 5. The van der Waals surface area contributed by atoms with Gasteiger partial charge < -0.3 is 10.2 Å². The molecule has 1 saturated heterocycles. The fourth-order valence-electron chi connectivity index (χ4n) is 5.21. The number of aryl methyl sites for hydroxylation is 1. The van der Waals surface area contributed by atoms with E-state index in [-0.39, 0.29) is 17.6 Å². The average Bonchev–Trinajstić information content (AvgIpc) is 3.73. The molecule has 202 valence electrons. The van der Waals surface area contributed by atoms with Crippen LogP contribution < -0.4 is 10.2 Å². The number of benzene rings is 1. The molecule has 3 heterocycles. The van der Waals surface area contributed by atoms with Crippen LogP contribution in [0.4, 0.5) is 17.5 Å². The van der Waals surface area contributed by atoms with Gasteiger partial charge in [0.2, 0.25) is 11.9 Å². The Hall–Kier alpha value is -3.26. The van der Waals surface area contributed by atoms with E-state index in [9.17, 15) is 9.59 Å². The molecule has 8 nitrogen and oxygen atoms in total. The Kier molecular flexibility index (Phi) is 8.37. The van der Waals surface area contributed by atoms with E-state index in [2.05, 4.69) is 21.7 Å². The average molecular weight is 517 g/mol. The third-order valence-corrected chi connectivity index (χ3v) is 7.63. The van der Waals surface area contributed by atoms with E-state index in [0.717, 1.165) is 73.8 Å². The summed E-state index contributed by atoms with van der Waals surface area (Å²) in [6, 6.07) is 11.4. The second-order valence-corrected chi connectivity index (χ2v) is 10.7. The molecule has 8 heteroatoms. The van der Waals surface area contributed by atoms with Crippen molar-refractivity contribution in [1.82, 2.24) is 19.4 Å². The number of anilines is 3. The van der Waals surface area contributed by atoms with Crippen molar-refractivity contribution in [3.05, 3.63) is 42.0 Å². The highest BCUT2D eigenvalue weighted by molar-refractivity contribution is 5.96. The first-order chi connectivity index (χ1) is 18.5. The summed E-state index contributed by atoms with van der Waals surface area (Å²) in [7, 11) is 0. The van der Waals surface area contributed by atoms with Crippen LogP contribution >= 0.6 is 0 Å². The summed E-state index contributed by atoms with van der Waals surface area (Å²) >= 11 is 0. The van der Waals surface area contributed by atoms with Gasteiger partial charge in [0.1, 0.15) is 11.3 Å². The Balaban J connectivity index is 1.44. The number of carbonyl (C=O) groups excluding carboxylic acids is 2. The van der Waals surface area contributed by atoms with E-state index in [1.807, 2.05) is 41.3 Å². The third kappa shape index (κ3) is 6.23. The minimum Gasteiger partial charge on any atom is -0.326 e. The first-order valence-corrected chi connectivity index (χ1v) is 14.3. The molecule has 0 bridgehead atoms. The molecule has 0 radical (unpaired) electrons. The summed E-state index contributed by atoms with van der Waals surface area (Å²) in [6.07, 6.45) is 8.84. The number of hydrogen-bond acceptors (Lipinski definition) is 6. The van der Waals surface area contributed by atoms with Crippen molar-refractivity contribution >= 4 is 40.3 Å². The number of ketones is 1. The minimum absolute atomic E-state index is 0.0478. The molecule has 1 aliphatic heterocycles. The molecular formula is C30H40N6O2. The predicted octanol–water partition coefficient (Wildman–Crippen LogP) is 5.80. The summed E-state index contributed by atoms with van der Waals surface area (Å²) in [5.74, 6) is 1.84. The van der Waals surface area contributed by atoms with Crippen molar-refractivity contribution in [2.24, 2.45) is 5.92 Å². The number of aromatic nitrogens is 3. The van der Waals surface area contributed by atoms with Gasteiger partial charge in [0, 0.05) is 30.3 Å². The maximum Gasteiger partial charge on any atom is 0.231 e. The Labute approximate surface area is 225 Å². The highest BCUT2D eigenvalue weighted by atomic mass is 16.2. The van der Waals surface area contributed by atoms with Gasteiger partial charge in [-0.2, -0.15) is 0 Å². The number of amides is 1. The molecule has 0 spiro atoms. The number of carbonyl (C=O) groups is 2. The van der Waals surface area contributed by atoms with Crippen LogP contribution in [-0.2, 0) is 11.3 Å². The van der Waals surface area contributed by atoms with E-state index in [1.165, 1.54) is 32.4 Å². The van der Waals surface area contributed by atoms with Crippen molar-refractivity contribution in [3.8, 4) is 0 Å². The fourth-order valence-corrected chi connectivity index (χ4v) is 5.21. The first-order valence-electron chi connectivity index (χ1n) is 14.3. The standard InChI is InChI=1S/C30H40N6O2/c1-3-4-20-35(29(38)24-9-10-24)27-16-15-26-28(33-27)36(21-8-19-34-17-6-5-7-18-34)30(32-26)31-25-13-11-23(12-14-25)22(2)37/h11-16,24H,3-10,17-21H2,1-2H3,(H,31,32). The monoisotopic (exact) mass is 516 g/mol. The van der Waals surface area contributed by atoms with E-state index in [0.29, 0.717) is 12.1 Å². The molecule has 2 aromatic heterocycles. The number of imidazole rings is 1. The highest BCUT2D eigenvalue weighted by Crippen LogP contribution is 2.33. The van der Waals surface area contributed by atoms with Crippen LogP contribution in [0.3, 0.4) is 0 Å². The van der Waals surface area contributed by atoms with Gasteiger partial charge in [-0.1, -0.05) is 19.8 Å². The summed E-state index contributed by atoms with van der Waals surface area (Å²) in [5.41, 5.74) is 3.17. The second kappa shape index (κ2) is 12.1. The van der Waals surface area contributed by atoms with E-state index in [1.54, 1.807) is 6.92 Å². The van der Waals surface area contributed by atoms with E-state index >= 15 is 0 Å². The van der Waals surface area contributed by atoms with Gasteiger partial charge >= 0.3 is 0 Å². The lowest BCUT2D eigenvalue weighted by atomic mass is 10.1. The van der Waals surface area contributed by atoms with Gasteiger partial charge in [-0.05, 0) is 101 Å². The SMILES string of the molecule is CCCCN(C(=O)C1CC1)c1ccc2nc(Nc3ccc(C(C)=O)cc3)n(CCCN3CCCCC3)c2n1. The number of nitrogens with one attached hydrogen (secondary N) is 1. The Bertz CT molecular complexity index is 1260. The largest absolute Gasteiger partial charge is 0.326 e. The first kappa shape index (κ1) is 26.4. The van der Waals surface area contributed by atoms with Crippen LogP contribution in [0.2, 0.25) is 0 Å². The van der Waals surface area contributed by atoms with Gasteiger partial charge in [0.15, 0.2) is 11.4 Å². The summed E-state index contributed by atoms with van der Waals surface area (Å²) in [6.45, 7) is 8.60. The van der Waals surface area contributed by atoms with E-state index < -0.39 is 0 Å². The molecule has 1 N–H and O–H groups in total. The molecular weight excluding hydrogens is 476 g/mol. The molecule has 1 aromatic carbocycles. The number of Topliss-reactive ketones (excluding diaryl/α,β-unsaturated/α-hetero) is 1. The zero-order valence-electron chi connectivity index (χ0n) is 22.8. The maximum atomic E-state index is 13.1. The molecule has 5 rings (SSSR count). The van der Waals surface area contributed by atoms with Crippen LogP contribution in [-0.4, -0.2) is 57.3 Å². The Morgan fingerprint density at radius 1 is 0.974 bits per heavy atom. The minimum atomic E-state index is 0.0478. The van der Waals surface area contributed by atoms with Crippen LogP contribution in [0.15, 0.2) is 36.4 Å². The number of rotatable bonds is 12. The topological polar surface area (TPSA) is 83.4 Å². The van der Waals surface area contributed by atoms with Crippen LogP contribution in [0.1, 0.15) is 75.6 Å². The molecule has 3 aromatic rings. The smallest absolute Gasteiger partial charge is 0.231 e. The molecule has 1 aliphatic carbocycles. The van der Waals surface area contributed by atoms with Crippen molar-refractivity contribution in [2.45, 2.75) is 71.8 Å². The van der Waals surface area contributed by atoms with Crippen molar-refractivity contribution in [1.29, 1.82) is 0 Å². The number of pyridine rings is 1. The van der Waals surface area contributed by atoms with Crippen LogP contribution in [0, 0.1) is 5.92 Å². The van der Waals surface area contributed by atoms with Gasteiger partial charge in [0.05, 0.1) is 0 Å². The van der Waals surface area contributed by atoms with Crippen molar-refractivity contribution in [2.75, 3.05) is 36.4 Å². The lowest BCUT2D eigenvalue weighted by Gasteiger charge is -2.26. The summed E-state index contributed by atoms with van der Waals surface area (Å²) < 4.78 is 2.15. The molecule has 1 saturated carbocycles. The van der Waals surface area contributed by atoms with Gasteiger partial charge in [0.25, 0.3) is 0 Å². The fraction of sp³-hybridized carbons (Fsp3) is 0.533. The van der Waals surface area contributed by atoms with Crippen LogP contribution in [0.5, 0.6) is 0 Å². The molecule has 2 fully saturated rings. The van der Waals surface area contributed by atoms with Crippen LogP contribution in [0.25, 0.3) is 11.2 Å². The number of likely N-dealkylation sites (tertiary alicyclic amines) is 1. The third-order valence-electron chi connectivity index (χ3n) is 7.63. The summed E-state index contributed by atoms with van der Waals surface area (Å²) in [4.78, 5) is 39.2. The number of unbranched alkanes of at least 4 members (excludes halogenated alkanes) is 1. The molecule has 2 aliphatic rings. The maximum absolute atomic E-state index is 13.1. The zero-order valence-corrected chi connectivity index (χ0v) is 22.8. The van der Waals surface area contributed by atoms with Gasteiger partial charge in [-0.15, -0.1) is 0 Å². The van der Waals surface area contributed by atoms with Crippen molar-refractivity contribution < 1.29 is 9.59 Å². The molecule has 38 heavy (non-hydrogen) atoms. The van der Waals surface area contributed by atoms with Gasteiger partial charge in [-0.3, -0.25) is 19.1 Å². The second-order valence-electron chi connectivity index (χ2n) is 10.7. The lowest BCUT2D eigenvalue weighted by molar-refractivity contribution is -0.119. The Morgan fingerprint density at radius 3 is 2.42 bits per heavy atom. The Morgan fingerprint density at radius 2 is 1.74 bits per heavy atom. The van der Waals surface area contributed by atoms with Crippen molar-refractivity contribution in [3.63, 3.8) is 0 Å². The zero-order chi connectivity index (χ0) is 26.5. The molecule has 1 amide bonds.